The van der Waals surface area contributed by atoms with Crippen LogP contribution >= 0.6 is 0 Å². The number of benzene rings is 1. The minimum absolute atomic E-state index is 0.310. The standard InChI is InChI=1S/C19H27N3O4/c1-5-26-15-8-6-14(7-9-15)20-16(23)12-22-17(24)19(4,21-18(22)25)11-10-13(2)3/h6-9,13H,5,10-12H2,1-4H3,(H,20,23)(H,21,25)/t19-/m1/s1. The van der Waals surface area contributed by atoms with Crippen LogP contribution in [0.3, 0.4) is 0 Å². The summed E-state index contributed by atoms with van der Waals surface area (Å²) in [6.45, 7) is 7.98. The van der Waals surface area contributed by atoms with Crippen molar-refractivity contribution in [3.63, 3.8) is 0 Å². The number of hydrogen-bond acceptors (Lipinski definition) is 4. The van der Waals surface area contributed by atoms with E-state index in [4.69, 9.17) is 4.74 Å². The number of carbonyl (C=O) groups is 3. The van der Waals surface area contributed by atoms with Gasteiger partial charge in [0.05, 0.1) is 6.61 Å². The molecule has 1 aliphatic rings. The molecule has 1 heterocycles. The van der Waals surface area contributed by atoms with Crippen LogP contribution in [0.5, 0.6) is 5.75 Å². The maximum Gasteiger partial charge on any atom is 0.325 e. The maximum absolute atomic E-state index is 12.6. The molecule has 1 aromatic carbocycles. The summed E-state index contributed by atoms with van der Waals surface area (Å²) in [5.74, 6) is 0.352. The van der Waals surface area contributed by atoms with E-state index in [9.17, 15) is 14.4 Å². The zero-order valence-corrected chi connectivity index (χ0v) is 15.8. The van der Waals surface area contributed by atoms with E-state index in [1.54, 1.807) is 31.2 Å². The lowest BCUT2D eigenvalue weighted by Crippen LogP contribution is -2.44. The van der Waals surface area contributed by atoms with Gasteiger partial charge in [-0.1, -0.05) is 13.8 Å². The highest BCUT2D eigenvalue weighted by molar-refractivity contribution is 6.09. The molecular formula is C19H27N3O4. The summed E-state index contributed by atoms with van der Waals surface area (Å²) < 4.78 is 5.35. The van der Waals surface area contributed by atoms with Crippen molar-refractivity contribution in [2.24, 2.45) is 5.92 Å². The Labute approximate surface area is 154 Å². The highest BCUT2D eigenvalue weighted by Crippen LogP contribution is 2.24. The van der Waals surface area contributed by atoms with Crippen LogP contribution in [-0.4, -0.2) is 41.4 Å². The fourth-order valence-electron chi connectivity index (χ4n) is 2.78. The van der Waals surface area contributed by atoms with Crippen molar-refractivity contribution in [1.29, 1.82) is 0 Å². The van der Waals surface area contributed by atoms with Gasteiger partial charge >= 0.3 is 6.03 Å². The summed E-state index contributed by atoms with van der Waals surface area (Å²) in [5.41, 5.74) is -0.367. The van der Waals surface area contributed by atoms with Gasteiger partial charge in [-0.05, 0) is 56.9 Å². The first kappa shape index (κ1) is 19.8. The van der Waals surface area contributed by atoms with Crippen molar-refractivity contribution in [1.82, 2.24) is 10.2 Å². The van der Waals surface area contributed by atoms with Gasteiger partial charge < -0.3 is 15.4 Å². The number of urea groups is 1. The molecule has 1 aromatic rings. The topological polar surface area (TPSA) is 87.7 Å². The minimum atomic E-state index is -0.944. The van der Waals surface area contributed by atoms with Crippen molar-refractivity contribution in [3.8, 4) is 5.75 Å². The van der Waals surface area contributed by atoms with E-state index in [1.165, 1.54) is 0 Å². The number of carbonyl (C=O) groups excluding carboxylic acids is 3. The molecule has 0 spiro atoms. The van der Waals surface area contributed by atoms with E-state index in [0.717, 1.165) is 11.3 Å². The van der Waals surface area contributed by atoms with Crippen molar-refractivity contribution >= 4 is 23.5 Å². The molecule has 0 saturated carbocycles. The molecule has 1 saturated heterocycles. The summed E-state index contributed by atoms with van der Waals surface area (Å²) in [6.07, 6.45) is 1.36. The first-order valence-electron chi connectivity index (χ1n) is 8.92. The van der Waals surface area contributed by atoms with E-state index in [0.29, 0.717) is 30.4 Å². The number of anilines is 1. The first-order chi connectivity index (χ1) is 12.2. The zero-order valence-electron chi connectivity index (χ0n) is 15.8. The molecule has 1 atom stereocenters. The Morgan fingerprint density at radius 1 is 1.27 bits per heavy atom. The van der Waals surface area contributed by atoms with E-state index in [2.05, 4.69) is 24.5 Å². The van der Waals surface area contributed by atoms with Crippen LogP contribution in [0.25, 0.3) is 0 Å². The Hall–Kier alpha value is -2.57. The van der Waals surface area contributed by atoms with Crippen LogP contribution in [0.15, 0.2) is 24.3 Å². The molecule has 142 valence electrons. The molecule has 2 rings (SSSR count). The summed E-state index contributed by atoms with van der Waals surface area (Å²) in [7, 11) is 0. The predicted molar refractivity (Wildman–Crippen MR) is 99.0 cm³/mol. The number of imide groups is 1. The van der Waals surface area contributed by atoms with Gasteiger partial charge in [0.25, 0.3) is 5.91 Å². The van der Waals surface area contributed by atoms with E-state index >= 15 is 0 Å². The lowest BCUT2D eigenvalue weighted by molar-refractivity contribution is -0.133. The minimum Gasteiger partial charge on any atom is -0.494 e. The van der Waals surface area contributed by atoms with Crippen LogP contribution < -0.4 is 15.4 Å². The largest absolute Gasteiger partial charge is 0.494 e. The van der Waals surface area contributed by atoms with Gasteiger partial charge in [0, 0.05) is 5.69 Å². The molecule has 1 fully saturated rings. The molecule has 0 aromatic heterocycles. The Bertz CT molecular complexity index is 672. The molecule has 4 amide bonds. The fourth-order valence-corrected chi connectivity index (χ4v) is 2.78. The second-order valence-corrected chi connectivity index (χ2v) is 7.09. The SMILES string of the molecule is CCOc1ccc(NC(=O)CN2C(=O)N[C@](C)(CCC(C)C)C2=O)cc1. The van der Waals surface area contributed by atoms with Crippen molar-refractivity contribution in [3.05, 3.63) is 24.3 Å². The number of nitrogens with zero attached hydrogens (tertiary/aromatic N) is 1. The Kier molecular flexibility index (Phi) is 6.23. The molecule has 0 aliphatic carbocycles. The molecular weight excluding hydrogens is 334 g/mol. The van der Waals surface area contributed by atoms with E-state index < -0.39 is 17.5 Å². The third kappa shape index (κ3) is 4.74. The molecule has 7 heteroatoms. The molecule has 7 nitrogen and oxygen atoms in total. The van der Waals surface area contributed by atoms with Crippen LogP contribution in [0, 0.1) is 5.92 Å². The van der Waals surface area contributed by atoms with E-state index in [1.807, 2.05) is 6.92 Å². The number of amides is 4. The van der Waals surface area contributed by atoms with Gasteiger partial charge in [-0.15, -0.1) is 0 Å². The molecule has 1 aliphatic heterocycles. The first-order valence-corrected chi connectivity index (χ1v) is 8.92. The molecule has 0 radical (unpaired) electrons. The normalized spacial score (nSPS) is 19.7. The molecule has 2 N–H and O–H groups in total. The maximum atomic E-state index is 12.6. The molecule has 26 heavy (non-hydrogen) atoms. The lowest BCUT2D eigenvalue weighted by atomic mass is 9.92. The Morgan fingerprint density at radius 3 is 2.50 bits per heavy atom. The summed E-state index contributed by atoms with van der Waals surface area (Å²) in [6, 6.07) is 6.39. The summed E-state index contributed by atoms with van der Waals surface area (Å²) in [4.78, 5) is 38.0. The third-order valence-electron chi connectivity index (χ3n) is 4.32. The highest BCUT2D eigenvalue weighted by atomic mass is 16.5. The number of hydrogen-bond donors (Lipinski definition) is 2. The van der Waals surface area contributed by atoms with Gasteiger partial charge in [0.15, 0.2) is 0 Å². The third-order valence-corrected chi connectivity index (χ3v) is 4.32. The second kappa shape index (κ2) is 8.21. The average Bonchev–Trinajstić information content (AvgIpc) is 2.79. The average molecular weight is 361 g/mol. The van der Waals surface area contributed by atoms with Gasteiger partial charge in [-0.25, -0.2) is 4.79 Å². The van der Waals surface area contributed by atoms with Crippen LogP contribution in [0.2, 0.25) is 0 Å². The monoisotopic (exact) mass is 361 g/mol. The van der Waals surface area contributed by atoms with Gasteiger partial charge in [0.1, 0.15) is 17.8 Å². The molecule has 0 unspecified atom stereocenters. The van der Waals surface area contributed by atoms with E-state index in [-0.39, 0.29) is 12.5 Å². The van der Waals surface area contributed by atoms with Crippen LogP contribution in [0.4, 0.5) is 10.5 Å². The quantitative estimate of drug-likeness (QED) is 0.697. The number of rotatable bonds is 8. The summed E-state index contributed by atoms with van der Waals surface area (Å²) >= 11 is 0. The molecule has 0 bridgehead atoms. The summed E-state index contributed by atoms with van der Waals surface area (Å²) in [5, 5.41) is 5.41. The van der Waals surface area contributed by atoms with Gasteiger partial charge in [0.2, 0.25) is 5.91 Å². The zero-order chi connectivity index (χ0) is 19.3. The van der Waals surface area contributed by atoms with Crippen LogP contribution in [0.1, 0.15) is 40.5 Å². The highest BCUT2D eigenvalue weighted by Gasteiger charge is 2.47. The lowest BCUT2D eigenvalue weighted by Gasteiger charge is -2.22. The van der Waals surface area contributed by atoms with Crippen LogP contribution in [-0.2, 0) is 9.59 Å². The number of nitrogens with one attached hydrogen (secondary N) is 2. The predicted octanol–water partition coefficient (Wildman–Crippen LogP) is 2.77. The number of ether oxygens (including phenoxy) is 1. The van der Waals surface area contributed by atoms with Gasteiger partial charge in [-0.2, -0.15) is 0 Å². The van der Waals surface area contributed by atoms with Crippen molar-refractivity contribution < 1.29 is 19.1 Å². The van der Waals surface area contributed by atoms with Crippen molar-refractivity contribution in [2.75, 3.05) is 18.5 Å². The second-order valence-electron chi connectivity index (χ2n) is 7.09. The Morgan fingerprint density at radius 2 is 1.92 bits per heavy atom. The van der Waals surface area contributed by atoms with Gasteiger partial charge in [-0.3, -0.25) is 14.5 Å². The smallest absolute Gasteiger partial charge is 0.325 e. The van der Waals surface area contributed by atoms with Crippen molar-refractivity contribution in [2.45, 2.75) is 46.1 Å². The Balaban J connectivity index is 1.95. The fraction of sp³-hybridized carbons (Fsp3) is 0.526.